The molecule has 3 amide bonds. The number of ether oxygens (including phenoxy) is 1. The molecule has 0 saturated carbocycles. The lowest BCUT2D eigenvalue weighted by atomic mass is 10.0. The lowest BCUT2D eigenvalue weighted by molar-refractivity contribution is -0.138. The summed E-state index contributed by atoms with van der Waals surface area (Å²) in [4.78, 5) is 71.2. The minimum absolute atomic E-state index is 0.0356. The second-order valence-corrected chi connectivity index (χ2v) is 8.35. The molecule has 5 N–H and O–H groups in total. The molecule has 0 aliphatic carbocycles. The summed E-state index contributed by atoms with van der Waals surface area (Å²) in [6.45, 7) is 1.33. The third-order valence-electron chi connectivity index (χ3n) is 5.45. The quantitative estimate of drug-likeness (QED) is 0.174. The second-order valence-electron chi connectivity index (χ2n) is 8.35. The summed E-state index contributed by atoms with van der Waals surface area (Å²) < 4.78 is 5.09. The summed E-state index contributed by atoms with van der Waals surface area (Å²) >= 11 is 0. The van der Waals surface area contributed by atoms with Crippen LogP contribution in [0.15, 0.2) is 48.5 Å². The van der Waals surface area contributed by atoms with E-state index in [4.69, 9.17) is 14.9 Å². The number of carbonyl (C=O) groups excluding carboxylic acids is 4. The SMILES string of the molecule is COc1ccc(CNC(=O)[C@H](CCC(=O)O)NC(=O)[C@H](Cc2ccc(C(=O)C(=O)O)cc2)NC(C)=O)cc1. The monoisotopic (exact) mass is 527 g/mol. The van der Waals surface area contributed by atoms with E-state index in [1.807, 2.05) is 0 Å². The van der Waals surface area contributed by atoms with Crippen LogP contribution < -0.4 is 20.7 Å². The Morgan fingerprint density at radius 2 is 1.42 bits per heavy atom. The Kier molecular flexibility index (Phi) is 11.0. The Balaban J connectivity index is 2.13. The molecular weight excluding hydrogens is 498 g/mol. The molecule has 0 radical (unpaired) electrons. The fourth-order valence-corrected chi connectivity index (χ4v) is 3.47. The molecule has 0 aliphatic heterocycles. The number of rotatable bonds is 14. The van der Waals surface area contributed by atoms with E-state index in [9.17, 15) is 28.8 Å². The van der Waals surface area contributed by atoms with E-state index in [0.717, 1.165) is 5.56 Å². The number of methoxy groups -OCH3 is 1. The van der Waals surface area contributed by atoms with E-state index in [1.54, 1.807) is 24.3 Å². The predicted octanol–water partition coefficient (Wildman–Crippen LogP) is 0.676. The average molecular weight is 528 g/mol. The van der Waals surface area contributed by atoms with Crippen LogP contribution in [-0.4, -0.2) is 64.8 Å². The van der Waals surface area contributed by atoms with Crippen molar-refractivity contribution in [2.75, 3.05) is 7.11 Å². The first-order valence-corrected chi connectivity index (χ1v) is 11.6. The van der Waals surface area contributed by atoms with Crippen molar-refractivity contribution < 1.29 is 43.7 Å². The number of carboxylic acids is 2. The molecule has 0 saturated heterocycles. The Bertz CT molecular complexity index is 1180. The van der Waals surface area contributed by atoms with Gasteiger partial charge in [-0.3, -0.25) is 24.0 Å². The zero-order chi connectivity index (χ0) is 28.2. The molecule has 0 heterocycles. The molecular formula is C26H29N3O9. The molecule has 202 valence electrons. The van der Waals surface area contributed by atoms with Crippen molar-refractivity contribution in [1.82, 2.24) is 16.0 Å². The Labute approximate surface area is 218 Å². The van der Waals surface area contributed by atoms with Gasteiger partial charge in [-0.1, -0.05) is 36.4 Å². The van der Waals surface area contributed by atoms with Crippen LogP contribution in [0.4, 0.5) is 0 Å². The van der Waals surface area contributed by atoms with Gasteiger partial charge >= 0.3 is 11.9 Å². The van der Waals surface area contributed by atoms with E-state index in [1.165, 1.54) is 38.3 Å². The van der Waals surface area contributed by atoms with Crippen LogP contribution in [0.3, 0.4) is 0 Å². The van der Waals surface area contributed by atoms with Crippen LogP contribution in [-0.2, 0) is 36.9 Å². The smallest absolute Gasteiger partial charge is 0.377 e. The van der Waals surface area contributed by atoms with Crippen molar-refractivity contribution in [3.8, 4) is 5.75 Å². The number of benzene rings is 2. The number of aliphatic carboxylic acids is 2. The first-order chi connectivity index (χ1) is 18.0. The van der Waals surface area contributed by atoms with Gasteiger partial charge in [-0.05, 0) is 29.7 Å². The Morgan fingerprint density at radius 3 is 1.95 bits per heavy atom. The number of carbonyl (C=O) groups is 6. The number of hydrogen-bond donors (Lipinski definition) is 5. The van der Waals surface area contributed by atoms with Gasteiger partial charge in [0.2, 0.25) is 17.7 Å². The lowest BCUT2D eigenvalue weighted by Gasteiger charge is -2.23. The lowest BCUT2D eigenvalue weighted by Crippen LogP contribution is -2.54. The molecule has 0 spiro atoms. The van der Waals surface area contributed by atoms with Gasteiger partial charge in [0.25, 0.3) is 5.78 Å². The molecule has 0 unspecified atom stereocenters. The van der Waals surface area contributed by atoms with E-state index >= 15 is 0 Å². The van der Waals surface area contributed by atoms with Gasteiger partial charge < -0.3 is 30.9 Å². The molecule has 2 aromatic rings. The van der Waals surface area contributed by atoms with Crippen LogP contribution in [0, 0.1) is 0 Å². The minimum Gasteiger partial charge on any atom is -0.497 e. The van der Waals surface area contributed by atoms with Crippen LogP contribution in [0.5, 0.6) is 5.75 Å². The second kappa shape index (κ2) is 14.1. The fourth-order valence-electron chi connectivity index (χ4n) is 3.47. The Morgan fingerprint density at radius 1 is 0.816 bits per heavy atom. The highest BCUT2D eigenvalue weighted by atomic mass is 16.5. The van der Waals surface area contributed by atoms with E-state index in [0.29, 0.717) is 11.3 Å². The summed E-state index contributed by atoms with van der Waals surface area (Å²) in [6.07, 6.45) is -0.606. The van der Waals surface area contributed by atoms with Crippen LogP contribution in [0.1, 0.15) is 41.3 Å². The molecule has 12 heteroatoms. The maximum absolute atomic E-state index is 13.1. The molecule has 12 nitrogen and oxygen atoms in total. The molecule has 2 atom stereocenters. The summed E-state index contributed by atoms with van der Waals surface area (Å²) in [5, 5.41) is 25.6. The highest BCUT2D eigenvalue weighted by Crippen LogP contribution is 2.12. The number of nitrogens with one attached hydrogen (secondary N) is 3. The number of carboxylic acid groups (broad SMARTS) is 2. The summed E-state index contributed by atoms with van der Waals surface area (Å²) in [6, 6.07) is 10.1. The van der Waals surface area contributed by atoms with Gasteiger partial charge in [-0.2, -0.15) is 0 Å². The van der Waals surface area contributed by atoms with Gasteiger partial charge in [-0.15, -0.1) is 0 Å². The molecule has 0 aromatic heterocycles. The molecule has 38 heavy (non-hydrogen) atoms. The number of Topliss-reactive ketones (excluding diaryl/α,β-unsaturated/α-hetero) is 1. The summed E-state index contributed by atoms with van der Waals surface area (Å²) in [7, 11) is 1.52. The van der Waals surface area contributed by atoms with Crippen molar-refractivity contribution in [1.29, 1.82) is 0 Å². The van der Waals surface area contributed by atoms with Crippen LogP contribution in [0.25, 0.3) is 0 Å². The van der Waals surface area contributed by atoms with Gasteiger partial charge in [0.1, 0.15) is 17.8 Å². The van der Waals surface area contributed by atoms with Gasteiger partial charge in [0.15, 0.2) is 0 Å². The zero-order valence-corrected chi connectivity index (χ0v) is 20.9. The minimum atomic E-state index is -1.61. The van der Waals surface area contributed by atoms with E-state index in [2.05, 4.69) is 16.0 Å². The molecule has 0 aliphatic rings. The predicted molar refractivity (Wildman–Crippen MR) is 133 cm³/mol. The van der Waals surface area contributed by atoms with Crippen LogP contribution in [0.2, 0.25) is 0 Å². The molecule has 2 aromatic carbocycles. The highest BCUT2D eigenvalue weighted by molar-refractivity contribution is 6.39. The van der Waals surface area contributed by atoms with E-state index in [-0.39, 0.29) is 31.4 Å². The maximum atomic E-state index is 13.1. The third kappa shape index (κ3) is 9.37. The largest absolute Gasteiger partial charge is 0.497 e. The number of hydrogen-bond acceptors (Lipinski definition) is 7. The standard InChI is InChI=1S/C26H29N3O9/c1-15(30)28-21(13-16-3-7-18(8-4-16)23(33)26(36)37)25(35)29-20(11-12-22(31)32)24(34)27-14-17-5-9-19(38-2)10-6-17/h3-10,20-21H,11-14H2,1-2H3,(H,27,34)(H,28,30)(H,29,35)(H,31,32)(H,36,37)/t20-,21-/m0/s1. The average Bonchev–Trinajstić information content (AvgIpc) is 2.89. The first-order valence-electron chi connectivity index (χ1n) is 11.6. The van der Waals surface area contributed by atoms with Gasteiger partial charge in [0.05, 0.1) is 7.11 Å². The highest BCUT2D eigenvalue weighted by Gasteiger charge is 2.27. The van der Waals surface area contributed by atoms with Crippen molar-refractivity contribution in [3.63, 3.8) is 0 Å². The molecule has 2 rings (SSSR count). The van der Waals surface area contributed by atoms with Crippen molar-refractivity contribution >= 4 is 35.4 Å². The zero-order valence-electron chi connectivity index (χ0n) is 20.9. The fraction of sp³-hybridized carbons (Fsp3) is 0.308. The normalized spacial score (nSPS) is 11.9. The number of amides is 3. The maximum Gasteiger partial charge on any atom is 0.377 e. The van der Waals surface area contributed by atoms with Crippen molar-refractivity contribution in [3.05, 3.63) is 65.2 Å². The molecule has 0 bridgehead atoms. The third-order valence-corrected chi connectivity index (χ3v) is 5.45. The van der Waals surface area contributed by atoms with Crippen molar-refractivity contribution in [2.45, 2.75) is 44.8 Å². The van der Waals surface area contributed by atoms with Gasteiger partial charge in [0, 0.05) is 31.9 Å². The van der Waals surface area contributed by atoms with Crippen molar-refractivity contribution in [2.24, 2.45) is 0 Å². The van der Waals surface area contributed by atoms with Gasteiger partial charge in [-0.25, -0.2) is 4.79 Å². The summed E-state index contributed by atoms with van der Waals surface area (Å²) in [5.74, 6) is -5.05. The van der Waals surface area contributed by atoms with E-state index < -0.39 is 47.5 Å². The first kappa shape index (κ1) is 29.5. The topological polar surface area (TPSA) is 188 Å². The molecule has 0 fully saturated rings. The number of ketones is 1. The summed E-state index contributed by atoms with van der Waals surface area (Å²) in [5.41, 5.74) is 1.21. The van der Waals surface area contributed by atoms with Crippen LogP contribution >= 0.6 is 0 Å². The Hall–Kier alpha value is -4.74.